The molecule has 3 heteroatoms. The average Bonchev–Trinajstić information content (AvgIpc) is 1.90. The van der Waals surface area contributed by atoms with Gasteiger partial charge in [-0.15, -0.1) is 0 Å². The minimum Gasteiger partial charge on any atom is -0.381 e. The summed E-state index contributed by atoms with van der Waals surface area (Å²) >= 11 is 0. The second-order valence-corrected chi connectivity index (χ2v) is 1.92. The third kappa shape index (κ3) is 1.43. The summed E-state index contributed by atoms with van der Waals surface area (Å²) in [6, 6.07) is 0. The Morgan fingerprint density at radius 3 is 2.38 bits per heavy atom. The quantitative estimate of drug-likeness (QED) is 0.406. The second-order valence-electron chi connectivity index (χ2n) is 1.92. The molecule has 0 spiro atoms. The van der Waals surface area contributed by atoms with E-state index in [9.17, 15) is 0 Å². The van der Waals surface area contributed by atoms with Gasteiger partial charge in [-0.1, -0.05) is 0 Å². The molecule has 0 atom stereocenters. The van der Waals surface area contributed by atoms with E-state index in [1.54, 1.807) is 0 Å². The van der Waals surface area contributed by atoms with E-state index >= 15 is 0 Å². The van der Waals surface area contributed by atoms with Crippen molar-refractivity contribution >= 4 is 0 Å². The Labute approximate surface area is 48.1 Å². The van der Waals surface area contributed by atoms with Crippen LogP contribution in [0.5, 0.6) is 0 Å². The number of hydrogen-bond donors (Lipinski definition) is 1. The lowest BCUT2D eigenvalue weighted by Gasteiger charge is -2.17. The molecule has 0 amide bonds. The lowest BCUT2D eigenvalue weighted by molar-refractivity contribution is -0.289. The highest BCUT2D eigenvalue weighted by molar-refractivity contribution is 4.59. The lowest BCUT2D eigenvalue weighted by atomic mass is 10.2. The number of hydrogen-bond acceptors (Lipinski definition) is 3. The predicted octanol–water partition coefficient (Wildman–Crippen LogP) is 0.655. The molecule has 0 unspecified atom stereocenters. The van der Waals surface area contributed by atoms with Crippen LogP contribution in [0.25, 0.3) is 0 Å². The predicted molar refractivity (Wildman–Crippen MR) is 27.6 cm³/mol. The van der Waals surface area contributed by atoms with Gasteiger partial charge in [0.25, 0.3) is 0 Å². The number of ether oxygens (including phenoxy) is 1. The molecule has 3 nitrogen and oxygen atoms in total. The molecule has 1 aliphatic heterocycles. The molecule has 1 saturated heterocycles. The van der Waals surface area contributed by atoms with E-state index in [0.29, 0.717) is 13.2 Å². The van der Waals surface area contributed by atoms with E-state index in [0.717, 1.165) is 12.8 Å². The summed E-state index contributed by atoms with van der Waals surface area (Å²) in [5, 5.41) is 8.14. The monoisotopic (exact) mass is 118 g/mol. The molecule has 0 aromatic heterocycles. The minimum atomic E-state index is 0.0174. The summed E-state index contributed by atoms with van der Waals surface area (Å²) in [7, 11) is 0. The fraction of sp³-hybridized carbons (Fsp3) is 1.00. The lowest BCUT2D eigenvalue weighted by Crippen LogP contribution is -2.21. The van der Waals surface area contributed by atoms with Crippen molar-refractivity contribution in [3.8, 4) is 0 Å². The van der Waals surface area contributed by atoms with Gasteiger partial charge in [0, 0.05) is 26.1 Å². The van der Waals surface area contributed by atoms with Gasteiger partial charge >= 0.3 is 0 Å². The van der Waals surface area contributed by atoms with Crippen molar-refractivity contribution in [2.45, 2.75) is 18.9 Å². The van der Waals surface area contributed by atoms with Crippen molar-refractivity contribution in [2.75, 3.05) is 13.2 Å². The highest BCUT2D eigenvalue weighted by Gasteiger charge is 2.12. The van der Waals surface area contributed by atoms with Crippen LogP contribution in [0.15, 0.2) is 0 Å². The molecule has 1 fully saturated rings. The Balaban J connectivity index is 2.13. The van der Waals surface area contributed by atoms with Gasteiger partial charge < -0.3 is 4.74 Å². The van der Waals surface area contributed by atoms with E-state index in [4.69, 9.17) is 9.99 Å². The van der Waals surface area contributed by atoms with Gasteiger partial charge in [0.15, 0.2) is 0 Å². The highest BCUT2D eigenvalue weighted by atomic mass is 17.1. The first-order valence-corrected chi connectivity index (χ1v) is 2.81. The summed E-state index contributed by atoms with van der Waals surface area (Å²) in [6.45, 7) is 1.43. The Hall–Kier alpha value is -0.120. The van der Waals surface area contributed by atoms with Crippen molar-refractivity contribution in [3.05, 3.63) is 0 Å². The van der Waals surface area contributed by atoms with Gasteiger partial charge in [0.2, 0.25) is 0 Å². The van der Waals surface area contributed by atoms with Crippen LogP contribution in [0.2, 0.25) is 0 Å². The van der Waals surface area contributed by atoms with Crippen LogP contribution in [0, 0.1) is 0 Å². The normalized spacial score (nSPS) is 23.6. The summed E-state index contributed by atoms with van der Waals surface area (Å²) in [6.07, 6.45) is 1.65. The molecule has 48 valence electrons. The summed E-state index contributed by atoms with van der Waals surface area (Å²) in [5.74, 6) is 0. The average molecular weight is 118 g/mol. The molecular weight excluding hydrogens is 108 g/mol. The topological polar surface area (TPSA) is 38.7 Å². The van der Waals surface area contributed by atoms with E-state index in [-0.39, 0.29) is 6.10 Å². The molecule has 0 aliphatic carbocycles. The zero-order valence-corrected chi connectivity index (χ0v) is 4.67. The molecule has 0 aromatic rings. The molecule has 0 aromatic carbocycles. The third-order valence-corrected chi connectivity index (χ3v) is 1.32. The van der Waals surface area contributed by atoms with Crippen LogP contribution < -0.4 is 0 Å². The summed E-state index contributed by atoms with van der Waals surface area (Å²) in [5.41, 5.74) is 0. The van der Waals surface area contributed by atoms with Crippen molar-refractivity contribution in [1.82, 2.24) is 0 Å². The van der Waals surface area contributed by atoms with Crippen LogP contribution in [0.1, 0.15) is 12.8 Å². The zero-order chi connectivity index (χ0) is 5.82. The SMILES string of the molecule is OOC1CCOCC1. The molecule has 0 radical (unpaired) electrons. The van der Waals surface area contributed by atoms with Gasteiger partial charge in [-0.2, -0.15) is 0 Å². The van der Waals surface area contributed by atoms with Gasteiger partial charge in [-0.3, -0.25) is 5.26 Å². The maximum atomic E-state index is 8.14. The van der Waals surface area contributed by atoms with E-state index in [1.165, 1.54) is 0 Å². The van der Waals surface area contributed by atoms with Gasteiger partial charge in [-0.05, 0) is 0 Å². The zero-order valence-electron chi connectivity index (χ0n) is 4.67. The van der Waals surface area contributed by atoms with E-state index in [1.807, 2.05) is 0 Å². The van der Waals surface area contributed by atoms with Crippen molar-refractivity contribution in [3.63, 3.8) is 0 Å². The smallest absolute Gasteiger partial charge is 0.0971 e. The maximum Gasteiger partial charge on any atom is 0.0971 e. The summed E-state index contributed by atoms with van der Waals surface area (Å²) in [4.78, 5) is 4.11. The molecule has 0 bridgehead atoms. The third-order valence-electron chi connectivity index (χ3n) is 1.32. The molecule has 1 aliphatic rings. The fourth-order valence-corrected chi connectivity index (χ4v) is 0.781. The van der Waals surface area contributed by atoms with Crippen LogP contribution in [0.4, 0.5) is 0 Å². The minimum absolute atomic E-state index is 0.0174. The van der Waals surface area contributed by atoms with E-state index < -0.39 is 0 Å². The Kier molecular flexibility index (Phi) is 2.27. The Morgan fingerprint density at radius 2 is 2.00 bits per heavy atom. The first-order chi connectivity index (χ1) is 3.93. The standard InChI is InChI=1S/C5H10O3/c6-8-5-1-3-7-4-2-5/h5-6H,1-4H2. The molecule has 1 N–H and O–H groups in total. The van der Waals surface area contributed by atoms with E-state index in [2.05, 4.69) is 4.89 Å². The number of rotatable bonds is 1. The van der Waals surface area contributed by atoms with Crippen molar-refractivity contribution in [1.29, 1.82) is 0 Å². The first-order valence-electron chi connectivity index (χ1n) is 2.81. The molecule has 0 saturated carbocycles. The highest BCUT2D eigenvalue weighted by Crippen LogP contribution is 2.08. The molecule has 1 heterocycles. The van der Waals surface area contributed by atoms with Gasteiger partial charge in [-0.25, -0.2) is 4.89 Å². The van der Waals surface area contributed by atoms with Gasteiger partial charge in [0.1, 0.15) is 0 Å². The maximum absolute atomic E-state index is 8.14. The fourth-order valence-electron chi connectivity index (χ4n) is 0.781. The van der Waals surface area contributed by atoms with Crippen LogP contribution >= 0.6 is 0 Å². The Morgan fingerprint density at radius 1 is 1.38 bits per heavy atom. The van der Waals surface area contributed by atoms with Gasteiger partial charge in [0.05, 0.1) is 6.10 Å². The van der Waals surface area contributed by atoms with Crippen LogP contribution in [-0.4, -0.2) is 24.6 Å². The second kappa shape index (κ2) is 3.02. The molecule has 1 rings (SSSR count). The molecular formula is C5H10O3. The molecule has 8 heavy (non-hydrogen) atoms. The van der Waals surface area contributed by atoms with Crippen molar-refractivity contribution < 1.29 is 14.9 Å². The Bertz CT molecular complexity index is 58.7. The summed E-state index contributed by atoms with van der Waals surface area (Å²) < 4.78 is 5.01. The van der Waals surface area contributed by atoms with Crippen molar-refractivity contribution in [2.24, 2.45) is 0 Å². The van der Waals surface area contributed by atoms with Crippen LogP contribution in [-0.2, 0) is 9.62 Å². The first kappa shape index (κ1) is 6.01. The van der Waals surface area contributed by atoms with Crippen LogP contribution in [0.3, 0.4) is 0 Å². The largest absolute Gasteiger partial charge is 0.381 e.